The maximum absolute atomic E-state index is 14.2. The van der Waals surface area contributed by atoms with E-state index in [2.05, 4.69) is 10.1 Å². The molecular formula is C24H27F3N2O3. The maximum Gasteiger partial charge on any atom is 0.387 e. The van der Waals surface area contributed by atoms with Crippen molar-refractivity contribution in [2.75, 3.05) is 19.6 Å². The zero-order chi connectivity index (χ0) is 23.3. The quantitative estimate of drug-likeness (QED) is 0.684. The van der Waals surface area contributed by atoms with Gasteiger partial charge < -0.3 is 15.0 Å². The second-order valence-corrected chi connectivity index (χ2v) is 8.55. The summed E-state index contributed by atoms with van der Waals surface area (Å²) >= 11 is 0. The number of benzene rings is 2. The van der Waals surface area contributed by atoms with Crippen LogP contribution in [0, 0.1) is 11.7 Å². The lowest BCUT2D eigenvalue weighted by atomic mass is 9.84. The molecular weight excluding hydrogens is 421 g/mol. The fourth-order valence-electron chi connectivity index (χ4n) is 3.95. The molecule has 1 heterocycles. The van der Waals surface area contributed by atoms with Crippen LogP contribution in [0.25, 0.3) is 0 Å². The van der Waals surface area contributed by atoms with Crippen molar-refractivity contribution >= 4 is 11.8 Å². The molecule has 1 atom stereocenters. The minimum Gasteiger partial charge on any atom is -0.434 e. The molecule has 2 aromatic rings. The van der Waals surface area contributed by atoms with E-state index in [4.69, 9.17) is 0 Å². The Kier molecular flexibility index (Phi) is 7.43. The van der Waals surface area contributed by atoms with Gasteiger partial charge in [0, 0.05) is 25.0 Å². The van der Waals surface area contributed by atoms with Crippen molar-refractivity contribution in [1.29, 1.82) is 0 Å². The van der Waals surface area contributed by atoms with Gasteiger partial charge in [0.2, 0.25) is 5.91 Å². The van der Waals surface area contributed by atoms with Crippen LogP contribution in [0.4, 0.5) is 13.2 Å². The van der Waals surface area contributed by atoms with Crippen molar-refractivity contribution < 1.29 is 27.5 Å². The highest BCUT2D eigenvalue weighted by atomic mass is 19.3. The number of ether oxygens (including phenoxy) is 1. The highest BCUT2D eigenvalue weighted by Gasteiger charge is 2.32. The van der Waals surface area contributed by atoms with Crippen LogP contribution in [0.3, 0.4) is 0 Å². The van der Waals surface area contributed by atoms with E-state index in [1.165, 1.54) is 29.2 Å². The summed E-state index contributed by atoms with van der Waals surface area (Å²) in [6, 6.07) is 12.3. The molecule has 0 spiro atoms. The summed E-state index contributed by atoms with van der Waals surface area (Å²) in [4.78, 5) is 27.2. The Labute approximate surface area is 185 Å². The summed E-state index contributed by atoms with van der Waals surface area (Å²) in [6.07, 6.45) is 1.21. The summed E-state index contributed by atoms with van der Waals surface area (Å²) in [5, 5.41) is 2.89. The molecule has 0 saturated carbocycles. The number of alkyl halides is 2. The van der Waals surface area contributed by atoms with Crippen LogP contribution >= 0.6 is 0 Å². The van der Waals surface area contributed by atoms with Gasteiger partial charge in [-0.25, -0.2) is 4.39 Å². The molecule has 1 fully saturated rings. The number of halogens is 3. The van der Waals surface area contributed by atoms with Gasteiger partial charge in [-0.2, -0.15) is 8.78 Å². The number of carbonyl (C=O) groups is 2. The summed E-state index contributed by atoms with van der Waals surface area (Å²) < 4.78 is 44.0. The van der Waals surface area contributed by atoms with Crippen molar-refractivity contribution in [3.63, 3.8) is 0 Å². The van der Waals surface area contributed by atoms with Crippen molar-refractivity contribution in [3.05, 3.63) is 65.5 Å². The molecule has 172 valence electrons. The van der Waals surface area contributed by atoms with Gasteiger partial charge in [0.1, 0.15) is 11.6 Å². The van der Waals surface area contributed by atoms with Gasteiger partial charge >= 0.3 is 6.61 Å². The average molecular weight is 448 g/mol. The van der Waals surface area contributed by atoms with Crippen LogP contribution < -0.4 is 10.1 Å². The van der Waals surface area contributed by atoms with Gasteiger partial charge in [-0.3, -0.25) is 9.59 Å². The smallest absolute Gasteiger partial charge is 0.387 e. The molecule has 1 aliphatic heterocycles. The zero-order valence-corrected chi connectivity index (χ0v) is 18.1. The van der Waals surface area contributed by atoms with Gasteiger partial charge in [-0.1, -0.05) is 44.2 Å². The predicted octanol–water partition coefficient (Wildman–Crippen LogP) is 4.37. The van der Waals surface area contributed by atoms with E-state index in [1.54, 1.807) is 24.3 Å². The molecule has 1 N–H and O–H groups in total. The fourth-order valence-corrected chi connectivity index (χ4v) is 3.95. The largest absolute Gasteiger partial charge is 0.434 e. The maximum atomic E-state index is 14.2. The second kappa shape index (κ2) is 10.1. The minimum atomic E-state index is -3.04. The van der Waals surface area contributed by atoms with Gasteiger partial charge in [0.15, 0.2) is 0 Å². The first-order valence-electron chi connectivity index (χ1n) is 10.5. The van der Waals surface area contributed by atoms with Crippen molar-refractivity contribution in [3.8, 4) is 5.75 Å². The number of nitrogens with one attached hydrogen (secondary N) is 1. The first kappa shape index (κ1) is 23.6. The van der Waals surface area contributed by atoms with E-state index < -0.39 is 23.9 Å². The van der Waals surface area contributed by atoms with Crippen LogP contribution in [0.5, 0.6) is 5.75 Å². The SMILES string of the molecule is CC(C)(CNC(=O)C1CCCN(C(=O)c2ccccc2OC(F)F)C1)c1ccccc1F. The molecule has 1 aliphatic rings. The minimum absolute atomic E-state index is 0.0366. The van der Waals surface area contributed by atoms with E-state index in [-0.39, 0.29) is 36.1 Å². The van der Waals surface area contributed by atoms with E-state index in [0.29, 0.717) is 24.9 Å². The summed E-state index contributed by atoms with van der Waals surface area (Å²) in [5.41, 5.74) is -0.0672. The van der Waals surface area contributed by atoms with Crippen LogP contribution in [0.15, 0.2) is 48.5 Å². The van der Waals surface area contributed by atoms with Gasteiger partial charge in [-0.15, -0.1) is 0 Å². The summed E-state index contributed by atoms with van der Waals surface area (Å²) in [5.74, 6) is -1.63. The predicted molar refractivity (Wildman–Crippen MR) is 114 cm³/mol. The number of piperidine rings is 1. The molecule has 5 nitrogen and oxygen atoms in total. The first-order chi connectivity index (χ1) is 15.2. The lowest BCUT2D eigenvalue weighted by Gasteiger charge is -2.33. The summed E-state index contributed by atoms with van der Waals surface area (Å²) in [7, 11) is 0. The second-order valence-electron chi connectivity index (χ2n) is 8.55. The third-order valence-electron chi connectivity index (χ3n) is 5.72. The van der Waals surface area contributed by atoms with Crippen LogP contribution in [0.1, 0.15) is 42.6 Å². The van der Waals surface area contributed by atoms with Crippen molar-refractivity contribution in [1.82, 2.24) is 10.2 Å². The Morgan fingerprint density at radius 3 is 2.56 bits per heavy atom. The molecule has 2 aromatic carbocycles. The van der Waals surface area contributed by atoms with Crippen LogP contribution in [-0.2, 0) is 10.2 Å². The lowest BCUT2D eigenvalue weighted by molar-refractivity contribution is -0.126. The molecule has 3 rings (SSSR count). The topological polar surface area (TPSA) is 58.6 Å². The average Bonchev–Trinajstić information content (AvgIpc) is 2.77. The molecule has 8 heteroatoms. The molecule has 0 aliphatic carbocycles. The van der Waals surface area contributed by atoms with E-state index in [1.807, 2.05) is 13.8 Å². The Bertz CT molecular complexity index is 965. The number of para-hydroxylation sites is 1. The normalized spacial score (nSPS) is 16.7. The first-order valence-corrected chi connectivity index (χ1v) is 10.5. The van der Waals surface area contributed by atoms with Gasteiger partial charge in [0.05, 0.1) is 11.5 Å². The van der Waals surface area contributed by atoms with Gasteiger partial charge in [-0.05, 0) is 36.6 Å². The number of hydrogen-bond donors (Lipinski definition) is 1. The number of rotatable bonds is 7. The summed E-state index contributed by atoms with van der Waals surface area (Å²) in [6.45, 7) is 1.49. The van der Waals surface area contributed by atoms with E-state index in [0.717, 1.165) is 0 Å². The molecule has 2 amide bonds. The van der Waals surface area contributed by atoms with E-state index >= 15 is 0 Å². The third kappa shape index (κ3) is 5.60. The van der Waals surface area contributed by atoms with Crippen molar-refractivity contribution in [2.45, 2.75) is 38.7 Å². The third-order valence-corrected chi connectivity index (χ3v) is 5.72. The Balaban J connectivity index is 1.64. The number of nitrogens with zero attached hydrogens (tertiary/aromatic N) is 1. The molecule has 1 saturated heterocycles. The molecule has 1 unspecified atom stereocenters. The van der Waals surface area contributed by atoms with Crippen LogP contribution in [-0.4, -0.2) is 43.0 Å². The zero-order valence-electron chi connectivity index (χ0n) is 18.1. The monoisotopic (exact) mass is 448 g/mol. The fraction of sp³-hybridized carbons (Fsp3) is 0.417. The standard InChI is InChI=1S/C24H27F3N2O3/c1-24(2,18-10-4-5-11-19(18)25)15-28-21(30)16-8-7-13-29(14-16)22(31)17-9-3-6-12-20(17)32-23(26)27/h3-6,9-12,16,23H,7-8,13-15H2,1-2H3,(H,28,30). The van der Waals surface area contributed by atoms with Crippen molar-refractivity contribution in [2.24, 2.45) is 5.92 Å². The highest BCUT2D eigenvalue weighted by Crippen LogP contribution is 2.27. The molecule has 32 heavy (non-hydrogen) atoms. The highest BCUT2D eigenvalue weighted by molar-refractivity contribution is 5.97. The van der Waals surface area contributed by atoms with Gasteiger partial charge in [0.25, 0.3) is 5.91 Å². The molecule has 0 aromatic heterocycles. The Morgan fingerprint density at radius 1 is 1.16 bits per heavy atom. The van der Waals surface area contributed by atoms with Crippen LogP contribution in [0.2, 0.25) is 0 Å². The van der Waals surface area contributed by atoms with E-state index in [9.17, 15) is 22.8 Å². The Hall–Kier alpha value is -3.03. The Morgan fingerprint density at radius 2 is 1.84 bits per heavy atom. The molecule has 0 radical (unpaired) electrons. The number of likely N-dealkylation sites (tertiary alicyclic amines) is 1. The number of hydrogen-bond acceptors (Lipinski definition) is 3. The number of amides is 2. The lowest BCUT2D eigenvalue weighted by Crippen LogP contribution is -2.47. The molecule has 0 bridgehead atoms. The number of carbonyl (C=O) groups excluding carboxylic acids is 2.